The summed E-state index contributed by atoms with van der Waals surface area (Å²) in [4.78, 5) is 30.2. The number of carboxylic acids is 1. The van der Waals surface area contributed by atoms with E-state index >= 15 is 0 Å². The van der Waals surface area contributed by atoms with Gasteiger partial charge in [0.25, 0.3) is 5.91 Å². The third-order valence-corrected chi connectivity index (χ3v) is 6.19. The van der Waals surface area contributed by atoms with Crippen LogP contribution in [0, 0.1) is 0 Å². The first-order valence-electron chi connectivity index (χ1n) is 9.57. The average Bonchev–Trinajstić information content (AvgIpc) is 3.30. The Balaban J connectivity index is 1.85. The number of hydrogen-bond acceptors (Lipinski definition) is 9. The molecule has 1 N–H and O–H groups in total. The number of thioether (sulfide) groups is 1. The molecule has 2 heterocycles. The van der Waals surface area contributed by atoms with Crippen LogP contribution in [0.15, 0.2) is 28.1 Å². The van der Waals surface area contributed by atoms with E-state index in [9.17, 15) is 9.59 Å². The normalized spacial score (nSPS) is 17.4. The lowest BCUT2D eigenvalue weighted by Crippen LogP contribution is -2.23. The van der Waals surface area contributed by atoms with Crippen molar-refractivity contribution in [3.8, 4) is 11.5 Å². The van der Waals surface area contributed by atoms with Crippen LogP contribution in [0.5, 0.6) is 11.5 Å². The summed E-state index contributed by atoms with van der Waals surface area (Å²) in [7, 11) is 1.66. The molecule has 2 aromatic rings. The van der Waals surface area contributed by atoms with Crippen LogP contribution in [0.1, 0.15) is 31.3 Å². The molecule has 3 rings (SSSR count). The van der Waals surface area contributed by atoms with E-state index in [1.54, 1.807) is 31.3 Å². The van der Waals surface area contributed by atoms with Crippen molar-refractivity contribution in [2.75, 3.05) is 13.7 Å². The van der Waals surface area contributed by atoms with Crippen molar-refractivity contribution in [1.82, 2.24) is 15.1 Å². The third kappa shape index (κ3) is 5.42. The molecule has 1 saturated heterocycles. The molecule has 164 valence electrons. The predicted molar refractivity (Wildman–Crippen MR) is 120 cm³/mol. The second-order valence-electron chi connectivity index (χ2n) is 6.44. The smallest absolute Gasteiger partial charge is 0.344 e. The zero-order chi connectivity index (χ0) is 22.5. The minimum absolute atomic E-state index is 0.179. The van der Waals surface area contributed by atoms with Gasteiger partial charge in [-0.25, -0.2) is 4.79 Å². The van der Waals surface area contributed by atoms with Crippen LogP contribution in [0.25, 0.3) is 6.08 Å². The molecule has 1 atom stereocenters. The molecule has 11 heteroatoms. The van der Waals surface area contributed by atoms with Gasteiger partial charge in [0.1, 0.15) is 5.01 Å². The molecule has 1 aliphatic rings. The maximum atomic E-state index is 12.7. The van der Waals surface area contributed by atoms with Crippen molar-refractivity contribution in [2.24, 2.45) is 4.99 Å². The molecule has 1 amide bonds. The zero-order valence-electron chi connectivity index (χ0n) is 17.5. The molecule has 1 fully saturated rings. The number of carbonyl (C=O) groups excluding carboxylic acids is 1. The van der Waals surface area contributed by atoms with E-state index in [0.717, 1.165) is 11.4 Å². The highest BCUT2D eigenvalue weighted by Gasteiger charge is 2.31. The van der Waals surface area contributed by atoms with Crippen molar-refractivity contribution < 1.29 is 24.2 Å². The van der Waals surface area contributed by atoms with E-state index in [1.807, 2.05) is 13.8 Å². The van der Waals surface area contributed by atoms with Gasteiger partial charge in [0.15, 0.2) is 22.8 Å². The Morgan fingerprint density at radius 2 is 2.10 bits per heavy atom. The number of likely N-dealkylation sites (N-methyl/N-ethyl adjacent to an activating group) is 1. The molecule has 9 nitrogen and oxygen atoms in total. The fourth-order valence-electron chi connectivity index (χ4n) is 2.54. The Labute approximate surface area is 187 Å². The van der Waals surface area contributed by atoms with Crippen LogP contribution in [0.2, 0.25) is 0 Å². The molecule has 0 aliphatic carbocycles. The van der Waals surface area contributed by atoms with Crippen molar-refractivity contribution in [2.45, 2.75) is 33.3 Å². The highest BCUT2D eigenvalue weighted by molar-refractivity contribution is 8.18. The summed E-state index contributed by atoms with van der Waals surface area (Å²) < 4.78 is 11.1. The van der Waals surface area contributed by atoms with Gasteiger partial charge < -0.3 is 14.6 Å². The molecule has 31 heavy (non-hydrogen) atoms. The van der Waals surface area contributed by atoms with E-state index < -0.39 is 12.1 Å². The van der Waals surface area contributed by atoms with Crippen LogP contribution in [-0.4, -0.2) is 57.0 Å². The number of benzene rings is 1. The molecular weight excluding hydrogens is 440 g/mol. The van der Waals surface area contributed by atoms with E-state index in [-0.39, 0.29) is 5.91 Å². The van der Waals surface area contributed by atoms with Crippen molar-refractivity contribution in [1.29, 1.82) is 0 Å². The highest BCUT2D eigenvalue weighted by atomic mass is 32.2. The van der Waals surface area contributed by atoms with E-state index in [2.05, 4.69) is 15.2 Å². The average molecular weight is 463 g/mol. The van der Waals surface area contributed by atoms with Crippen LogP contribution < -0.4 is 9.47 Å². The molecule has 0 saturated carbocycles. The van der Waals surface area contributed by atoms with Gasteiger partial charge in [-0.2, -0.15) is 4.99 Å². The number of hydrogen-bond donors (Lipinski definition) is 1. The van der Waals surface area contributed by atoms with Gasteiger partial charge in [0, 0.05) is 7.05 Å². The number of aliphatic imine (C=N–C) groups is 1. The van der Waals surface area contributed by atoms with Crippen molar-refractivity contribution in [3.63, 3.8) is 0 Å². The third-order valence-electron chi connectivity index (χ3n) is 4.17. The van der Waals surface area contributed by atoms with Crippen LogP contribution in [0.4, 0.5) is 5.13 Å². The highest BCUT2D eigenvalue weighted by Crippen LogP contribution is 2.36. The standard InChI is InChI=1S/C20H22N4O5S2/c1-5-16-22-23-19(31-16)21-20-24(4)17(25)15(30-20)10-12-7-8-13(14(9-12)28-6-2)29-11(3)18(26)27/h7-11H,5-6H2,1-4H3,(H,26,27)/b15-10+,21-20+. The summed E-state index contributed by atoms with van der Waals surface area (Å²) in [5, 5.41) is 19.1. The van der Waals surface area contributed by atoms with Gasteiger partial charge >= 0.3 is 5.97 Å². The first kappa shape index (κ1) is 22.8. The Hall–Kier alpha value is -2.92. The molecule has 0 radical (unpaired) electrons. The minimum atomic E-state index is -1.07. The topological polar surface area (TPSA) is 114 Å². The van der Waals surface area contributed by atoms with Gasteiger partial charge in [0.05, 0.1) is 11.5 Å². The van der Waals surface area contributed by atoms with E-state index in [0.29, 0.717) is 38.9 Å². The van der Waals surface area contributed by atoms with Crippen LogP contribution in [-0.2, 0) is 16.0 Å². The largest absolute Gasteiger partial charge is 0.490 e. The number of ether oxygens (including phenoxy) is 2. The monoisotopic (exact) mass is 462 g/mol. The van der Waals surface area contributed by atoms with Gasteiger partial charge in [-0.1, -0.05) is 24.3 Å². The Morgan fingerprint density at radius 1 is 1.32 bits per heavy atom. The number of amides is 1. The molecular formula is C20H22N4O5S2. The molecule has 0 spiro atoms. The van der Waals surface area contributed by atoms with E-state index in [1.165, 1.54) is 34.9 Å². The number of carbonyl (C=O) groups is 2. The number of aryl methyl sites for hydroxylation is 1. The zero-order valence-corrected chi connectivity index (χ0v) is 19.1. The number of aromatic nitrogens is 2. The fourth-order valence-corrected chi connectivity index (χ4v) is 4.21. The summed E-state index contributed by atoms with van der Waals surface area (Å²) in [6, 6.07) is 5.08. The number of aliphatic carboxylic acids is 1. The lowest BCUT2D eigenvalue weighted by molar-refractivity contribution is -0.144. The molecule has 1 aromatic heterocycles. The quantitative estimate of drug-likeness (QED) is 0.592. The Kier molecular flexibility index (Phi) is 7.29. The lowest BCUT2D eigenvalue weighted by atomic mass is 10.2. The molecule has 1 unspecified atom stereocenters. The van der Waals surface area contributed by atoms with E-state index in [4.69, 9.17) is 14.6 Å². The van der Waals surface area contributed by atoms with Crippen LogP contribution in [0.3, 0.4) is 0 Å². The fraction of sp³-hybridized carbons (Fsp3) is 0.350. The summed E-state index contributed by atoms with van der Waals surface area (Å²) in [6.07, 6.45) is 1.50. The summed E-state index contributed by atoms with van der Waals surface area (Å²) in [5.41, 5.74) is 0.716. The first-order valence-corrected chi connectivity index (χ1v) is 11.2. The number of amidine groups is 1. The predicted octanol–water partition coefficient (Wildman–Crippen LogP) is 3.58. The second kappa shape index (κ2) is 9.92. The summed E-state index contributed by atoms with van der Waals surface area (Å²) in [5.74, 6) is -0.519. The summed E-state index contributed by atoms with van der Waals surface area (Å²) in [6.45, 7) is 5.64. The van der Waals surface area contributed by atoms with Gasteiger partial charge in [-0.3, -0.25) is 9.69 Å². The number of nitrogens with zero attached hydrogens (tertiary/aromatic N) is 4. The molecule has 0 bridgehead atoms. The Bertz CT molecular complexity index is 1050. The van der Waals surface area contributed by atoms with Gasteiger partial charge in [0.2, 0.25) is 5.13 Å². The molecule has 1 aromatic carbocycles. The minimum Gasteiger partial charge on any atom is -0.490 e. The van der Waals surface area contributed by atoms with Crippen molar-refractivity contribution >= 4 is 51.4 Å². The SMILES string of the molecule is CCOc1cc(/C=C2/S/C(=N/c3nnc(CC)s3)N(C)C2=O)ccc1OC(C)C(=O)O. The summed E-state index contributed by atoms with van der Waals surface area (Å²) >= 11 is 2.64. The first-order chi connectivity index (χ1) is 14.8. The molecule has 1 aliphatic heterocycles. The van der Waals surface area contributed by atoms with Crippen molar-refractivity contribution in [3.05, 3.63) is 33.7 Å². The maximum Gasteiger partial charge on any atom is 0.344 e. The second-order valence-corrected chi connectivity index (χ2v) is 8.49. The maximum absolute atomic E-state index is 12.7. The van der Waals surface area contributed by atoms with Crippen LogP contribution >= 0.6 is 23.1 Å². The Morgan fingerprint density at radius 3 is 2.74 bits per heavy atom. The number of carboxylic acid groups (broad SMARTS) is 1. The lowest BCUT2D eigenvalue weighted by Gasteiger charge is -2.15. The van der Waals surface area contributed by atoms with Gasteiger partial charge in [-0.05, 0) is 55.8 Å². The number of rotatable bonds is 8. The van der Waals surface area contributed by atoms with Gasteiger partial charge in [-0.15, -0.1) is 10.2 Å².